The average Bonchev–Trinajstić information content (AvgIpc) is 2.71. The van der Waals surface area contributed by atoms with E-state index in [-0.39, 0.29) is 11.8 Å². The Labute approximate surface area is 160 Å². The molecule has 1 aromatic carbocycles. The number of anilines is 4. The van der Waals surface area contributed by atoms with Crippen molar-refractivity contribution < 1.29 is 9.53 Å². The summed E-state index contributed by atoms with van der Waals surface area (Å²) in [6.07, 6.45) is 3.38. The Hall–Kier alpha value is -2.60. The summed E-state index contributed by atoms with van der Waals surface area (Å²) in [5.41, 5.74) is 2.88. The fourth-order valence-corrected chi connectivity index (χ4v) is 3.24. The van der Waals surface area contributed by atoms with Crippen molar-refractivity contribution in [2.45, 2.75) is 26.7 Å². The van der Waals surface area contributed by atoms with Gasteiger partial charge in [0.05, 0.1) is 36.5 Å². The zero-order chi connectivity index (χ0) is 19.1. The Balaban J connectivity index is 1.67. The Morgan fingerprint density at radius 3 is 2.56 bits per heavy atom. The molecular weight excluding hydrogens is 340 g/mol. The van der Waals surface area contributed by atoms with Gasteiger partial charge in [-0.15, -0.1) is 0 Å². The fourth-order valence-electron chi connectivity index (χ4n) is 3.24. The highest BCUT2D eigenvalue weighted by Gasteiger charge is 2.16. The number of nitrogens with one attached hydrogen (secondary N) is 2. The second-order valence-electron chi connectivity index (χ2n) is 6.68. The van der Waals surface area contributed by atoms with E-state index in [1.807, 2.05) is 38.1 Å². The SMILES string of the molecule is CCC(CC)C(=O)Nc1ccc(Nc2ccccc2N2CCOCC2)nc1. The number of hydrogen-bond donors (Lipinski definition) is 2. The van der Waals surface area contributed by atoms with Gasteiger partial charge in [-0.2, -0.15) is 0 Å². The number of nitrogens with zero attached hydrogens (tertiary/aromatic N) is 2. The van der Waals surface area contributed by atoms with Crippen LogP contribution in [0.15, 0.2) is 42.6 Å². The molecular formula is C21H28N4O2. The molecule has 2 heterocycles. The molecule has 0 saturated carbocycles. The summed E-state index contributed by atoms with van der Waals surface area (Å²) in [6, 6.07) is 12.0. The van der Waals surface area contributed by atoms with E-state index in [2.05, 4.69) is 32.7 Å². The van der Waals surface area contributed by atoms with E-state index in [9.17, 15) is 4.79 Å². The third-order valence-electron chi connectivity index (χ3n) is 4.91. The summed E-state index contributed by atoms with van der Waals surface area (Å²) < 4.78 is 5.45. The minimum Gasteiger partial charge on any atom is -0.378 e. The summed E-state index contributed by atoms with van der Waals surface area (Å²) in [7, 11) is 0. The predicted octanol–water partition coefficient (Wildman–Crippen LogP) is 4.04. The highest BCUT2D eigenvalue weighted by Crippen LogP contribution is 2.29. The lowest BCUT2D eigenvalue weighted by Crippen LogP contribution is -2.36. The van der Waals surface area contributed by atoms with E-state index in [1.165, 1.54) is 0 Å². The number of para-hydroxylation sites is 2. The van der Waals surface area contributed by atoms with Crippen LogP contribution in [0.25, 0.3) is 0 Å². The maximum absolute atomic E-state index is 12.2. The molecule has 2 N–H and O–H groups in total. The molecule has 0 bridgehead atoms. The summed E-state index contributed by atoms with van der Waals surface area (Å²) >= 11 is 0. The van der Waals surface area contributed by atoms with Gasteiger partial charge in [0.15, 0.2) is 0 Å². The third-order valence-corrected chi connectivity index (χ3v) is 4.91. The number of ether oxygens (including phenoxy) is 1. The standard InChI is InChI=1S/C21H28N4O2/c1-3-16(4-2)21(26)23-17-9-10-20(22-15-17)24-18-7-5-6-8-19(18)25-11-13-27-14-12-25/h5-10,15-16H,3-4,11-14H2,1-2H3,(H,22,24)(H,23,26). The zero-order valence-electron chi connectivity index (χ0n) is 16.1. The van der Waals surface area contributed by atoms with E-state index in [4.69, 9.17) is 4.74 Å². The van der Waals surface area contributed by atoms with Crippen LogP contribution in [-0.4, -0.2) is 37.2 Å². The molecule has 27 heavy (non-hydrogen) atoms. The van der Waals surface area contributed by atoms with Crippen molar-refractivity contribution in [3.63, 3.8) is 0 Å². The number of hydrogen-bond acceptors (Lipinski definition) is 5. The van der Waals surface area contributed by atoms with Gasteiger partial charge in [0.25, 0.3) is 0 Å². The van der Waals surface area contributed by atoms with Gasteiger partial charge in [0, 0.05) is 19.0 Å². The van der Waals surface area contributed by atoms with Crippen molar-refractivity contribution >= 4 is 28.8 Å². The van der Waals surface area contributed by atoms with Crippen LogP contribution in [0.1, 0.15) is 26.7 Å². The van der Waals surface area contributed by atoms with Gasteiger partial charge in [0.2, 0.25) is 5.91 Å². The van der Waals surface area contributed by atoms with Gasteiger partial charge in [-0.1, -0.05) is 26.0 Å². The Morgan fingerprint density at radius 1 is 1.15 bits per heavy atom. The van der Waals surface area contributed by atoms with Gasteiger partial charge < -0.3 is 20.3 Å². The van der Waals surface area contributed by atoms with Crippen LogP contribution in [0, 0.1) is 5.92 Å². The molecule has 1 amide bonds. The lowest BCUT2D eigenvalue weighted by Gasteiger charge is -2.30. The fraction of sp³-hybridized carbons (Fsp3) is 0.429. The normalized spacial score (nSPS) is 14.3. The minimum atomic E-state index is 0.0446. The molecule has 1 saturated heterocycles. The predicted molar refractivity (Wildman–Crippen MR) is 110 cm³/mol. The number of morpholine rings is 1. The van der Waals surface area contributed by atoms with E-state index in [1.54, 1.807) is 6.20 Å². The smallest absolute Gasteiger partial charge is 0.227 e. The Bertz CT molecular complexity index is 738. The number of carbonyl (C=O) groups excluding carboxylic acids is 1. The van der Waals surface area contributed by atoms with Crippen LogP contribution < -0.4 is 15.5 Å². The second-order valence-corrected chi connectivity index (χ2v) is 6.68. The van der Waals surface area contributed by atoms with E-state index in [0.717, 1.165) is 62.0 Å². The number of carbonyl (C=O) groups is 1. The molecule has 3 rings (SSSR count). The van der Waals surface area contributed by atoms with E-state index in [0.29, 0.717) is 0 Å². The van der Waals surface area contributed by atoms with Gasteiger partial charge >= 0.3 is 0 Å². The number of benzene rings is 1. The minimum absolute atomic E-state index is 0.0446. The quantitative estimate of drug-likeness (QED) is 0.772. The van der Waals surface area contributed by atoms with Gasteiger partial charge in [-0.3, -0.25) is 4.79 Å². The highest BCUT2D eigenvalue weighted by atomic mass is 16.5. The van der Waals surface area contributed by atoms with Crippen LogP contribution in [0.5, 0.6) is 0 Å². The molecule has 2 aromatic rings. The number of aromatic nitrogens is 1. The summed E-state index contributed by atoms with van der Waals surface area (Å²) in [4.78, 5) is 19.0. The van der Waals surface area contributed by atoms with Crippen LogP contribution in [0.3, 0.4) is 0 Å². The van der Waals surface area contributed by atoms with Crippen LogP contribution in [0.4, 0.5) is 22.9 Å². The molecule has 6 nitrogen and oxygen atoms in total. The maximum Gasteiger partial charge on any atom is 0.227 e. The lowest BCUT2D eigenvalue weighted by molar-refractivity contribution is -0.120. The van der Waals surface area contributed by atoms with Crippen LogP contribution in [-0.2, 0) is 9.53 Å². The first-order valence-electron chi connectivity index (χ1n) is 9.67. The zero-order valence-corrected chi connectivity index (χ0v) is 16.1. The van der Waals surface area contributed by atoms with Gasteiger partial charge in [0.1, 0.15) is 5.82 Å². The first kappa shape index (κ1) is 19.2. The van der Waals surface area contributed by atoms with Crippen molar-refractivity contribution in [2.24, 2.45) is 5.92 Å². The first-order chi connectivity index (χ1) is 13.2. The number of amides is 1. The molecule has 1 aliphatic heterocycles. The van der Waals surface area contributed by atoms with Crippen LogP contribution >= 0.6 is 0 Å². The largest absolute Gasteiger partial charge is 0.378 e. The van der Waals surface area contributed by atoms with E-state index >= 15 is 0 Å². The lowest BCUT2D eigenvalue weighted by atomic mass is 10.0. The van der Waals surface area contributed by atoms with Crippen molar-refractivity contribution in [1.82, 2.24) is 4.98 Å². The molecule has 144 valence electrons. The number of pyridine rings is 1. The van der Waals surface area contributed by atoms with E-state index < -0.39 is 0 Å². The van der Waals surface area contributed by atoms with Crippen molar-refractivity contribution in [2.75, 3.05) is 41.8 Å². The monoisotopic (exact) mass is 368 g/mol. The molecule has 1 aliphatic rings. The Kier molecular flexibility index (Phi) is 6.65. The molecule has 0 unspecified atom stereocenters. The average molecular weight is 368 g/mol. The second kappa shape index (κ2) is 9.37. The Morgan fingerprint density at radius 2 is 1.89 bits per heavy atom. The highest BCUT2D eigenvalue weighted by molar-refractivity contribution is 5.92. The molecule has 0 aliphatic carbocycles. The topological polar surface area (TPSA) is 66.5 Å². The van der Waals surface area contributed by atoms with Crippen molar-refractivity contribution in [1.29, 1.82) is 0 Å². The summed E-state index contributed by atoms with van der Waals surface area (Å²) in [6.45, 7) is 7.32. The molecule has 0 atom stereocenters. The van der Waals surface area contributed by atoms with Gasteiger partial charge in [-0.25, -0.2) is 4.98 Å². The van der Waals surface area contributed by atoms with Crippen molar-refractivity contribution in [3.8, 4) is 0 Å². The summed E-state index contributed by atoms with van der Waals surface area (Å²) in [5.74, 6) is 0.847. The summed E-state index contributed by atoms with van der Waals surface area (Å²) in [5, 5.41) is 6.34. The first-order valence-corrected chi connectivity index (χ1v) is 9.67. The van der Waals surface area contributed by atoms with Crippen molar-refractivity contribution in [3.05, 3.63) is 42.6 Å². The maximum atomic E-state index is 12.2. The molecule has 0 radical (unpaired) electrons. The number of rotatable bonds is 7. The molecule has 6 heteroatoms. The molecule has 1 aromatic heterocycles. The van der Waals surface area contributed by atoms with Crippen LogP contribution in [0.2, 0.25) is 0 Å². The molecule has 1 fully saturated rings. The molecule has 0 spiro atoms. The third kappa shape index (κ3) is 4.98. The van der Waals surface area contributed by atoms with Gasteiger partial charge in [-0.05, 0) is 37.1 Å².